The summed E-state index contributed by atoms with van der Waals surface area (Å²) in [6.45, 7) is 0. The molecule has 4 aromatic carbocycles. The summed E-state index contributed by atoms with van der Waals surface area (Å²) in [6.07, 6.45) is 2.51. The van der Waals surface area contributed by atoms with E-state index in [2.05, 4.69) is 12.1 Å². The third kappa shape index (κ3) is 4.27. The van der Waals surface area contributed by atoms with Crippen LogP contribution in [0.25, 0.3) is 44.3 Å². The van der Waals surface area contributed by atoms with E-state index in [-0.39, 0.29) is 0 Å². The topological polar surface area (TPSA) is 57.7 Å². The molecule has 5 nitrogen and oxygen atoms in total. The van der Waals surface area contributed by atoms with Gasteiger partial charge in [-0.1, -0.05) is 36.4 Å². The van der Waals surface area contributed by atoms with Crippen molar-refractivity contribution in [1.29, 1.82) is 0 Å². The van der Waals surface area contributed by atoms with Gasteiger partial charge in [-0.3, -0.25) is 9.78 Å². The molecule has 5 heteroatoms. The standard InChI is InChI=1S/C31H25NO4/c1-34-25-10-4-20(5-11-25)23-16-28(21-6-12-26(35-2)13-7-21)31-29(17-23)30(24(19-33)18-32-31)22-8-14-27(36-3)15-9-22/h4-19H,1-3H3. The van der Waals surface area contributed by atoms with Crippen LogP contribution in [0.15, 0.2) is 91.1 Å². The molecule has 1 aromatic heterocycles. The van der Waals surface area contributed by atoms with Gasteiger partial charge in [-0.2, -0.15) is 0 Å². The van der Waals surface area contributed by atoms with Gasteiger partial charge in [0.15, 0.2) is 6.29 Å². The lowest BCUT2D eigenvalue weighted by Gasteiger charge is -2.16. The molecule has 0 fully saturated rings. The van der Waals surface area contributed by atoms with E-state index in [1.807, 2.05) is 72.8 Å². The molecule has 0 saturated heterocycles. The van der Waals surface area contributed by atoms with Gasteiger partial charge in [0, 0.05) is 28.3 Å². The first kappa shape index (κ1) is 23.1. The third-order valence-corrected chi connectivity index (χ3v) is 6.33. The zero-order valence-corrected chi connectivity index (χ0v) is 20.3. The molecule has 1 heterocycles. The van der Waals surface area contributed by atoms with Crippen molar-refractivity contribution >= 4 is 17.2 Å². The molecule has 0 spiro atoms. The van der Waals surface area contributed by atoms with Crippen molar-refractivity contribution in [1.82, 2.24) is 4.98 Å². The summed E-state index contributed by atoms with van der Waals surface area (Å²) < 4.78 is 16.0. The predicted molar refractivity (Wildman–Crippen MR) is 143 cm³/mol. The van der Waals surface area contributed by atoms with Crippen molar-refractivity contribution in [2.45, 2.75) is 0 Å². The maximum Gasteiger partial charge on any atom is 0.152 e. The van der Waals surface area contributed by atoms with Crippen LogP contribution >= 0.6 is 0 Å². The highest BCUT2D eigenvalue weighted by molar-refractivity contribution is 6.08. The Hall–Kier alpha value is -4.64. The Bertz CT molecular complexity index is 1520. The van der Waals surface area contributed by atoms with Crippen molar-refractivity contribution in [3.05, 3.63) is 96.7 Å². The normalized spacial score (nSPS) is 10.8. The summed E-state index contributed by atoms with van der Waals surface area (Å²) in [6, 6.07) is 27.8. The Morgan fingerprint density at radius 3 is 1.61 bits per heavy atom. The molecule has 0 aliphatic carbocycles. The van der Waals surface area contributed by atoms with Crippen molar-refractivity contribution in [2.75, 3.05) is 21.3 Å². The van der Waals surface area contributed by atoms with Gasteiger partial charge in [0.2, 0.25) is 0 Å². The van der Waals surface area contributed by atoms with Gasteiger partial charge in [0.25, 0.3) is 0 Å². The van der Waals surface area contributed by atoms with E-state index in [9.17, 15) is 4.79 Å². The highest BCUT2D eigenvalue weighted by Crippen LogP contribution is 2.39. The fourth-order valence-electron chi connectivity index (χ4n) is 4.43. The number of hydrogen-bond acceptors (Lipinski definition) is 5. The van der Waals surface area contributed by atoms with E-state index in [1.54, 1.807) is 27.5 Å². The number of nitrogens with zero attached hydrogens (tertiary/aromatic N) is 1. The Labute approximate surface area is 209 Å². The number of carbonyl (C=O) groups excluding carboxylic acids is 1. The monoisotopic (exact) mass is 475 g/mol. The van der Waals surface area contributed by atoms with Crippen LogP contribution in [0, 0.1) is 0 Å². The number of methoxy groups -OCH3 is 3. The molecule has 5 aromatic rings. The Balaban J connectivity index is 1.82. The Morgan fingerprint density at radius 2 is 1.11 bits per heavy atom. The molecule has 36 heavy (non-hydrogen) atoms. The summed E-state index contributed by atoms with van der Waals surface area (Å²) in [4.78, 5) is 16.9. The first-order valence-electron chi connectivity index (χ1n) is 11.5. The van der Waals surface area contributed by atoms with Crippen molar-refractivity contribution in [3.63, 3.8) is 0 Å². The number of pyridine rings is 1. The van der Waals surface area contributed by atoms with Crippen molar-refractivity contribution in [2.24, 2.45) is 0 Å². The lowest BCUT2D eigenvalue weighted by atomic mass is 9.90. The van der Waals surface area contributed by atoms with Crippen LogP contribution in [0.5, 0.6) is 17.2 Å². The summed E-state index contributed by atoms with van der Waals surface area (Å²) >= 11 is 0. The van der Waals surface area contributed by atoms with E-state index in [0.29, 0.717) is 5.56 Å². The third-order valence-electron chi connectivity index (χ3n) is 6.33. The largest absolute Gasteiger partial charge is 0.497 e. The Morgan fingerprint density at radius 1 is 0.611 bits per heavy atom. The minimum absolute atomic E-state index is 0.528. The molecule has 0 aliphatic rings. The fourth-order valence-corrected chi connectivity index (χ4v) is 4.43. The van der Waals surface area contributed by atoms with Crippen LogP contribution in [-0.4, -0.2) is 32.6 Å². The molecule has 0 atom stereocenters. The highest BCUT2D eigenvalue weighted by Gasteiger charge is 2.17. The molecule has 0 saturated carbocycles. The predicted octanol–water partition coefficient (Wildman–Crippen LogP) is 7.07. The second kappa shape index (κ2) is 9.92. The molecule has 0 amide bonds. The molecular weight excluding hydrogens is 450 g/mol. The van der Waals surface area contributed by atoms with E-state index >= 15 is 0 Å². The molecule has 0 radical (unpaired) electrons. The van der Waals surface area contributed by atoms with Gasteiger partial charge in [0.1, 0.15) is 17.2 Å². The lowest BCUT2D eigenvalue weighted by Crippen LogP contribution is -1.96. The number of aromatic nitrogens is 1. The first-order valence-corrected chi connectivity index (χ1v) is 11.5. The molecule has 0 bridgehead atoms. The minimum Gasteiger partial charge on any atom is -0.497 e. The second-order valence-electron chi connectivity index (χ2n) is 8.31. The summed E-state index contributed by atoms with van der Waals surface area (Å²) in [5.74, 6) is 2.32. The number of carbonyl (C=O) groups is 1. The van der Waals surface area contributed by atoms with Gasteiger partial charge in [-0.05, 0) is 70.8 Å². The zero-order valence-electron chi connectivity index (χ0n) is 20.3. The highest BCUT2D eigenvalue weighted by atomic mass is 16.5. The smallest absolute Gasteiger partial charge is 0.152 e. The number of aldehydes is 1. The van der Waals surface area contributed by atoms with Gasteiger partial charge < -0.3 is 14.2 Å². The van der Waals surface area contributed by atoms with E-state index in [0.717, 1.165) is 67.8 Å². The van der Waals surface area contributed by atoms with Crippen LogP contribution in [0.4, 0.5) is 0 Å². The molecule has 0 aliphatic heterocycles. The van der Waals surface area contributed by atoms with Gasteiger partial charge in [0.05, 0.1) is 26.8 Å². The van der Waals surface area contributed by atoms with Crippen LogP contribution in [0.3, 0.4) is 0 Å². The van der Waals surface area contributed by atoms with Crippen LogP contribution in [0.1, 0.15) is 10.4 Å². The lowest BCUT2D eigenvalue weighted by molar-refractivity contribution is 0.112. The number of rotatable bonds is 7. The van der Waals surface area contributed by atoms with Crippen LogP contribution in [-0.2, 0) is 0 Å². The Kier molecular flexibility index (Phi) is 6.37. The van der Waals surface area contributed by atoms with E-state index < -0.39 is 0 Å². The molecule has 178 valence electrons. The first-order chi connectivity index (χ1) is 17.6. The zero-order chi connectivity index (χ0) is 25.1. The van der Waals surface area contributed by atoms with Gasteiger partial charge >= 0.3 is 0 Å². The average molecular weight is 476 g/mol. The number of ether oxygens (including phenoxy) is 3. The summed E-state index contributed by atoms with van der Waals surface area (Å²) in [7, 11) is 4.94. The molecule has 5 rings (SSSR count). The van der Waals surface area contributed by atoms with Gasteiger partial charge in [-0.25, -0.2) is 0 Å². The average Bonchev–Trinajstić information content (AvgIpc) is 2.96. The maximum atomic E-state index is 12.1. The number of hydrogen-bond donors (Lipinski definition) is 0. The van der Waals surface area contributed by atoms with Crippen LogP contribution in [0.2, 0.25) is 0 Å². The molecule has 0 unspecified atom stereocenters. The fraction of sp³-hybridized carbons (Fsp3) is 0.0968. The van der Waals surface area contributed by atoms with Crippen LogP contribution < -0.4 is 14.2 Å². The number of benzene rings is 4. The van der Waals surface area contributed by atoms with Crippen molar-refractivity contribution < 1.29 is 19.0 Å². The second-order valence-corrected chi connectivity index (χ2v) is 8.31. The maximum absolute atomic E-state index is 12.1. The SMILES string of the molecule is COc1ccc(-c2cc(-c3ccc(OC)cc3)c3ncc(C=O)c(-c4ccc(OC)cc4)c3c2)cc1. The quantitative estimate of drug-likeness (QED) is 0.236. The van der Waals surface area contributed by atoms with E-state index in [1.165, 1.54) is 0 Å². The number of fused-ring (bicyclic) bond motifs is 1. The summed E-state index contributed by atoms with van der Waals surface area (Å²) in [5, 5.41) is 0.893. The molecular formula is C31H25NO4. The summed E-state index contributed by atoms with van der Waals surface area (Å²) in [5.41, 5.74) is 7.10. The molecule has 0 N–H and O–H groups in total. The minimum atomic E-state index is 0.528. The van der Waals surface area contributed by atoms with Gasteiger partial charge in [-0.15, -0.1) is 0 Å². The van der Waals surface area contributed by atoms with Crippen molar-refractivity contribution in [3.8, 4) is 50.6 Å². The van der Waals surface area contributed by atoms with E-state index in [4.69, 9.17) is 19.2 Å².